The molecule has 1 heterocycles. The van der Waals surface area contributed by atoms with Crippen molar-refractivity contribution in [3.8, 4) is 0 Å². The first-order valence-corrected chi connectivity index (χ1v) is 11.0. The molecular formula is C25H25ClN4O2. The van der Waals surface area contributed by atoms with Crippen LogP contribution in [0.3, 0.4) is 0 Å². The molecule has 0 radical (unpaired) electrons. The second-order valence-electron chi connectivity index (χ2n) is 7.74. The molecule has 7 heteroatoms. The zero-order valence-corrected chi connectivity index (χ0v) is 18.6. The van der Waals surface area contributed by atoms with Crippen molar-refractivity contribution < 1.29 is 9.59 Å². The molecule has 1 fully saturated rings. The zero-order valence-electron chi connectivity index (χ0n) is 17.8. The van der Waals surface area contributed by atoms with E-state index in [1.54, 1.807) is 36.4 Å². The molecular weight excluding hydrogens is 424 g/mol. The van der Waals surface area contributed by atoms with Crippen molar-refractivity contribution in [2.24, 2.45) is 0 Å². The van der Waals surface area contributed by atoms with Crippen molar-refractivity contribution in [3.63, 3.8) is 0 Å². The van der Waals surface area contributed by atoms with Gasteiger partial charge in [0.05, 0.1) is 11.4 Å². The molecule has 0 spiro atoms. The van der Waals surface area contributed by atoms with E-state index in [4.69, 9.17) is 11.6 Å². The molecule has 1 saturated heterocycles. The summed E-state index contributed by atoms with van der Waals surface area (Å²) in [6, 6.07) is 19.6. The molecule has 3 N–H and O–H groups in total. The summed E-state index contributed by atoms with van der Waals surface area (Å²) in [4.78, 5) is 27.6. The maximum atomic E-state index is 12.8. The predicted octanol–water partition coefficient (Wildman–Crippen LogP) is 6.14. The Labute approximate surface area is 192 Å². The smallest absolute Gasteiger partial charge is 0.323 e. The van der Waals surface area contributed by atoms with Gasteiger partial charge in [0.25, 0.3) is 5.91 Å². The summed E-state index contributed by atoms with van der Waals surface area (Å²) in [6.45, 7) is 3.71. The molecule has 0 aromatic heterocycles. The third-order valence-electron chi connectivity index (χ3n) is 5.50. The number of urea groups is 1. The number of hydrogen-bond acceptors (Lipinski definition) is 3. The van der Waals surface area contributed by atoms with Crippen molar-refractivity contribution in [2.75, 3.05) is 33.9 Å². The third kappa shape index (κ3) is 5.03. The second-order valence-corrected chi connectivity index (χ2v) is 8.14. The van der Waals surface area contributed by atoms with E-state index in [0.717, 1.165) is 37.2 Å². The van der Waals surface area contributed by atoms with Crippen LogP contribution < -0.4 is 20.9 Å². The first-order chi connectivity index (χ1) is 15.5. The van der Waals surface area contributed by atoms with Crippen LogP contribution in [0.5, 0.6) is 0 Å². The van der Waals surface area contributed by atoms with Gasteiger partial charge in [-0.25, -0.2) is 4.79 Å². The highest BCUT2D eigenvalue weighted by Crippen LogP contribution is 2.32. The predicted molar refractivity (Wildman–Crippen MR) is 131 cm³/mol. The third-order valence-corrected chi connectivity index (χ3v) is 5.91. The molecule has 0 aliphatic carbocycles. The van der Waals surface area contributed by atoms with Crippen molar-refractivity contribution in [2.45, 2.75) is 19.8 Å². The highest BCUT2D eigenvalue weighted by Gasteiger charge is 2.18. The highest BCUT2D eigenvalue weighted by atomic mass is 35.5. The van der Waals surface area contributed by atoms with Gasteiger partial charge in [0.2, 0.25) is 0 Å². The molecule has 3 aromatic carbocycles. The molecule has 3 amide bonds. The zero-order chi connectivity index (χ0) is 22.5. The van der Waals surface area contributed by atoms with Crippen LogP contribution in [-0.4, -0.2) is 25.0 Å². The van der Waals surface area contributed by atoms with Crippen LogP contribution in [-0.2, 0) is 0 Å². The number of carbonyl (C=O) groups excluding carboxylic acids is 2. The second kappa shape index (κ2) is 9.75. The van der Waals surface area contributed by atoms with Crippen molar-refractivity contribution in [1.82, 2.24) is 0 Å². The number of halogens is 1. The van der Waals surface area contributed by atoms with Crippen LogP contribution in [0.25, 0.3) is 0 Å². The lowest BCUT2D eigenvalue weighted by Crippen LogP contribution is -2.24. The number of anilines is 4. The van der Waals surface area contributed by atoms with Gasteiger partial charge < -0.3 is 20.9 Å². The minimum atomic E-state index is -0.373. The fraction of sp³-hybridized carbons (Fsp3) is 0.200. The normalized spacial score (nSPS) is 13.0. The lowest BCUT2D eigenvalue weighted by molar-refractivity contribution is 0.102. The van der Waals surface area contributed by atoms with Crippen LogP contribution in [0, 0.1) is 6.92 Å². The Morgan fingerprint density at radius 1 is 0.844 bits per heavy atom. The first-order valence-electron chi connectivity index (χ1n) is 10.6. The van der Waals surface area contributed by atoms with Gasteiger partial charge in [-0.05, 0) is 67.8 Å². The fourth-order valence-electron chi connectivity index (χ4n) is 3.76. The number of amides is 3. The van der Waals surface area contributed by atoms with Crippen molar-refractivity contribution >= 4 is 46.3 Å². The van der Waals surface area contributed by atoms with Gasteiger partial charge >= 0.3 is 6.03 Å². The largest absolute Gasteiger partial charge is 0.370 e. The molecule has 0 bridgehead atoms. The van der Waals surface area contributed by atoms with Gasteiger partial charge in [-0.2, -0.15) is 0 Å². The Morgan fingerprint density at radius 3 is 2.31 bits per heavy atom. The van der Waals surface area contributed by atoms with E-state index in [1.165, 1.54) is 0 Å². The van der Waals surface area contributed by atoms with E-state index < -0.39 is 0 Å². The van der Waals surface area contributed by atoms with Crippen LogP contribution in [0.4, 0.5) is 27.5 Å². The summed E-state index contributed by atoms with van der Waals surface area (Å²) in [5.74, 6) is -0.204. The lowest BCUT2D eigenvalue weighted by Gasteiger charge is -2.23. The summed E-state index contributed by atoms with van der Waals surface area (Å²) in [7, 11) is 0. The Kier molecular flexibility index (Phi) is 6.61. The standard InChI is InChI=1S/C25H25ClN4O2/c1-17-20(26)10-7-11-21(17)28-25(32)29-22-16-19(12-13-23(22)30-14-5-6-15-30)27-24(31)18-8-3-2-4-9-18/h2-4,7-13,16H,5-6,14-15H2,1H3,(H,27,31)(H2,28,29,32). The summed E-state index contributed by atoms with van der Waals surface area (Å²) in [5.41, 5.74) is 4.18. The molecule has 1 aliphatic heterocycles. The van der Waals surface area contributed by atoms with E-state index in [9.17, 15) is 9.59 Å². The molecule has 0 saturated carbocycles. The van der Waals surface area contributed by atoms with Crippen molar-refractivity contribution in [1.29, 1.82) is 0 Å². The van der Waals surface area contributed by atoms with E-state index in [-0.39, 0.29) is 11.9 Å². The quantitative estimate of drug-likeness (QED) is 0.438. The monoisotopic (exact) mass is 448 g/mol. The van der Waals surface area contributed by atoms with Gasteiger partial charge in [0, 0.05) is 35.1 Å². The molecule has 164 valence electrons. The molecule has 0 unspecified atom stereocenters. The molecule has 1 aliphatic rings. The minimum absolute atomic E-state index is 0.204. The Morgan fingerprint density at radius 2 is 1.56 bits per heavy atom. The Bertz CT molecular complexity index is 1130. The number of benzene rings is 3. The summed E-state index contributed by atoms with van der Waals surface area (Å²) in [5, 5.41) is 9.31. The van der Waals surface area contributed by atoms with Gasteiger partial charge in [0.1, 0.15) is 0 Å². The number of nitrogens with one attached hydrogen (secondary N) is 3. The maximum absolute atomic E-state index is 12.8. The Hall–Kier alpha value is -3.51. The van der Waals surface area contributed by atoms with Crippen LogP contribution in [0.2, 0.25) is 5.02 Å². The van der Waals surface area contributed by atoms with Crippen LogP contribution in [0.1, 0.15) is 28.8 Å². The van der Waals surface area contributed by atoms with E-state index in [0.29, 0.717) is 27.6 Å². The van der Waals surface area contributed by atoms with Gasteiger partial charge in [-0.3, -0.25) is 4.79 Å². The fourth-order valence-corrected chi connectivity index (χ4v) is 3.93. The lowest BCUT2D eigenvalue weighted by atomic mass is 10.2. The highest BCUT2D eigenvalue weighted by molar-refractivity contribution is 6.31. The van der Waals surface area contributed by atoms with Crippen LogP contribution >= 0.6 is 11.6 Å². The van der Waals surface area contributed by atoms with E-state index in [2.05, 4.69) is 20.9 Å². The average molecular weight is 449 g/mol. The SMILES string of the molecule is Cc1c(Cl)cccc1NC(=O)Nc1cc(NC(=O)c2ccccc2)ccc1N1CCCC1. The number of rotatable bonds is 5. The van der Waals surface area contributed by atoms with E-state index in [1.807, 2.05) is 37.3 Å². The maximum Gasteiger partial charge on any atom is 0.323 e. The molecule has 3 aromatic rings. The van der Waals surface area contributed by atoms with Gasteiger partial charge in [-0.15, -0.1) is 0 Å². The van der Waals surface area contributed by atoms with Gasteiger partial charge in [-0.1, -0.05) is 35.9 Å². The molecule has 4 rings (SSSR count). The van der Waals surface area contributed by atoms with Crippen molar-refractivity contribution in [3.05, 3.63) is 82.9 Å². The average Bonchev–Trinajstić information content (AvgIpc) is 3.32. The molecule has 32 heavy (non-hydrogen) atoms. The van der Waals surface area contributed by atoms with Gasteiger partial charge in [0.15, 0.2) is 0 Å². The summed E-state index contributed by atoms with van der Waals surface area (Å²) < 4.78 is 0. The summed E-state index contributed by atoms with van der Waals surface area (Å²) >= 11 is 6.17. The first kappa shape index (κ1) is 21.7. The number of hydrogen-bond donors (Lipinski definition) is 3. The van der Waals surface area contributed by atoms with Crippen LogP contribution in [0.15, 0.2) is 66.7 Å². The Balaban J connectivity index is 1.56. The number of carbonyl (C=O) groups is 2. The topological polar surface area (TPSA) is 73.5 Å². The van der Waals surface area contributed by atoms with E-state index >= 15 is 0 Å². The molecule has 0 atom stereocenters. The minimum Gasteiger partial charge on any atom is -0.370 e. The molecule has 6 nitrogen and oxygen atoms in total. The summed E-state index contributed by atoms with van der Waals surface area (Å²) in [6.07, 6.45) is 2.22. The number of nitrogens with zero attached hydrogens (tertiary/aromatic N) is 1.